The number of amides is 1. The SMILES string of the molecule is COCC(=O)O[C@@H]1CCn2c1nc1c2C(=O)C(C)=C(NC(C)=O)C1=O. The molecule has 0 saturated carbocycles. The second-order valence-electron chi connectivity index (χ2n) is 5.86. The number of esters is 1. The Hall–Kier alpha value is -2.81. The first-order valence-corrected chi connectivity index (χ1v) is 7.71. The lowest BCUT2D eigenvalue weighted by Crippen LogP contribution is -2.33. The average Bonchev–Trinajstić information content (AvgIpc) is 3.10. The minimum Gasteiger partial charge on any atom is -0.452 e. The van der Waals surface area contributed by atoms with Crippen LogP contribution in [0.15, 0.2) is 11.3 Å². The molecule has 1 amide bonds. The number of hydrogen-bond acceptors (Lipinski definition) is 7. The monoisotopic (exact) mass is 347 g/mol. The molecule has 9 heteroatoms. The number of imidazole rings is 1. The topological polar surface area (TPSA) is 117 Å². The fraction of sp³-hybridized carbons (Fsp3) is 0.438. The number of aromatic nitrogens is 2. The normalized spacial score (nSPS) is 18.9. The highest BCUT2D eigenvalue weighted by Gasteiger charge is 2.40. The molecule has 1 aliphatic heterocycles. The Morgan fingerprint density at radius 3 is 2.68 bits per heavy atom. The van der Waals surface area contributed by atoms with Gasteiger partial charge in [0.15, 0.2) is 11.9 Å². The van der Waals surface area contributed by atoms with Crippen LogP contribution in [0.25, 0.3) is 0 Å². The van der Waals surface area contributed by atoms with Crippen LogP contribution in [-0.2, 0) is 25.6 Å². The van der Waals surface area contributed by atoms with E-state index in [2.05, 4.69) is 10.3 Å². The molecule has 0 bridgehead atoms. The molecular weight excluding hydrogens is 330 g/mol. The van der Waals surface area contributed by atoms with Gasteiger partial charge in [0.2, 0.25) is 17.5 Å². The molecule has 1 aliphatic carbocycles. The van der Waals surface area contributed by atoms with Crippen molar-refractivity contribution in [1.29, 1.82) is 0 Å². The van der Waals surface area contributed by atoms with E-state index in [0.29, 0.717) is 18.8 Å². The van der Waals surface area contributed by atoms with Crippen molar-refractivity contribution >= 4 is 23.4 Å². The lowest BCUT2D eigenvalue weighted by Gasteiger charge is -2.16. The summed E-state index contributed by atoms with van der Waals surface area (Å²) in [7, 11) is 1.38. The van der Waals surface area contributed by atoms with E-state index < -0.39 is 23.8 Å². The number of ketones is 2. The van der Waals surface area contributed by atoms with E-state index in [0.717, 1.165) is 0 Å². The number of rotatable bonds is 4. The lowest BCUT2D eigenvalue weighted by molar-refractivity contribution is -0.153. The van der Waals surface area contributed by atoms with Gasteiger partial charge in [-0.05, 0) is 6.92 Å². The fourth-order valence-corrected chi connectivity index (χ4v) is 3.03. The predicted molar refractivity (Wildman–Crippen MR) is 82.7 cm³/mol. The number of methoxy groups -OCH3 is 1. The largest absolute Gasteiger partial charge is 0.452 e. The first kappa shape index (κ1) is 17.0. The van der Waals surface area contributed by atoms with Gasteiger partial charge in [-0.1, -0.05) is 0 Å². The molecule has 0 saturated heterocycles. The van der Waals surface area contributed by atoms with Crippen molar-refractivity contribution in [3.63, 3.8) is 0 Å². The molecule has 1 N–H and O–H groups in total. The van der Waals surface area contributed by atoms with Gasteiger partial charge in [0.1, 0.15) is 18.0 Å². The molecule has 0 unspecified atom stereocenters. The van der Waals surface area contributed by atoms with Crippen molar-refractivity contribution in [3.05, 3.63) is 28.5 Å². The van der Waals surface area contributed by atoms with Gasteiger partial charge in [-0.15, -0.1) is 0 Å². The van der Waals surface area contributed by atoms with Crippen LogP contribution >= 0.6 is 0 Å². The van der Waals surface area contributed by atoms with E-state index in [-0.39, 0.29) is 35.0 Å². The molecule has 2 heterocycles. The lowest BCUT2D eigenvalue weighted by atomic mass is 9.95. The minimum atomic E-state index is -0.640. The van der Waals surface area contributed by atoms with Gasteiger partial charge in [0, 0.05) is 32.6 Å². The van der Waals surface area contributed by atoms with Crippen molar-refractivity contribution in [2.75, 3.05) is 13.7 Å². The molecule has 0 aromatic carbocycles. The van der Waals surface area contributed by atoms with Gasteiger partial charge in [-0.25, -0.2) is 9.78 Å². The van der Waals surface area contributed by atoms with Gasteiger partial charge in [0.25, 0.3) is 0 Å². The molecule has 1 aromatic rings. The number of Topliss-reactive ketones (excluding diaryl/α,β-unsaturated/α-hetero) is 2. The summed E-state index contributed by atoms with van der Waals surface area (Å²) in [6.07, 6.45) is -0.174. The van der Waals surface area contributed by atoms with Crippen LogP contribution in [-0.4, -0.2) is 46.7 Å². The van der Waals surface area contributed by atoms with Crippen molar-refractivity contribution in [2.45, 2.75) is 32.9 Å². The number of nitrogens with zero attached hydrogens (tertiary/aromatic N) is 2. The number of carbonyl (C=O) groups is 4. The number of ether oxygens (including phenoxy) is 2. The number of nitrogens with one attached hydrogen (secondary N) is 1. The zero-order valence-corrected chi connectivity index (χ0v) is 14.0. The van der Waals surface area contributed by atoms with Crippen LogP contribution in [0, 0.1) is 0 Å². The Bertz CT molecular complexity index is 835. The zero-order valence-electron chi connectivity index (χ0n) is 14.0. The first-order chi connectivity index (χ1) is 11.8. The van der Waals surface area contributed by atoms with Crippen LogP contribution in [0.1, 0.15) is 53.2 Å². The van der Waals surface area contributed by atoms with E-state index in [1.165, 1.54) is 21.0 Å². The van der Waals surface area contributed by atoms with Crippen LogP contribution in [0.4, 0.5) is 0 Å². The van der Waals surface area contributed by atoms with E-state index in [9.17, 15) is 19.2 Å². The summed E-state index contributed by atoms with van der Waals surface area (Å²) in [5.41, 5.74) is 0.253. The summed E-state index contributed by atoms with van der Waals surface area (Å²) in [6.45, 7) is 2.96. The Labute approximate surface area is 143 Å². The van der Waals surface area contributed by atoms with Crippen molar-refractivity contribution in [1.82, 2.24) is 14.9 Å². The molecule has 25 heavy (non-hydrogen) atoms. The first-order valence-electron chi connectivity index (χ1n) is 7.71. The van der Waals surface area contributed by atoms with Gasteiger partial charge in [-0.2, -0.15) is 0 Å². The van der Waals surface area contributed by atoms with Crippen molar-refractivity contribution in [2.24, 2.45) is 0 Å². The number of allylic oxidation sites excluding steroid dienone is 2. The molecular formula is C16H17N3O6. The summed E-state index contributed by atoms with van der Waals surface area (Å²) in [4.78, 5) is 52.4. The maximum Gasteiger partial charge on any atom is 0.332 e. The average molecular weight is 347 g/mol. The molecule has 0 fully saturated rings. The maximum absolute atomic E-state index is 12.7. The van der Waals surface area contributed by atoms with Crippen molar-refractivity contribution < 1.29 is 28.7 Å². The number of fused-ring (bicyclic) bond motifs is 3. The Balaban J connectivity index is 1.97. The summed E-state index contributed by atoms with van der Waals surface area (Å²) < 4.78 is 11.6. The van der Waals surface area contributed by atoms with Gasteiger partial charge in [0.05, 0.1) is 5.70 Å². The van der Waals surface area contributed by atoms with Crippen LogP contribution in [0.3, 0.4) is 0 Å². The van der Waals surface area contributed by atoms with Gasteiger partial charge >= 0.3 is 5.97 Å². The van der Waals surface area contributed by atoms with E-state index in [4.69, 9.17) is 9.47 Å². The molecule has 0 spiro atoms. The zero-order chi connectivity index (χ0) is 18.3. The van der Waals surface area contributed by atoms with Gasteiger partial charge in [-0.3, -0.25) is 14.4 Å². The van der Waals surface area contributed by atoms with Crippen LogP contribution in [0.5, 0.6) is 0 Å². The Kier molecular flexibility index (Phi) is 4.25. The fourth-order valence-electron chi connectivity index (χ4n) is 3.03. The second-order valence-corrected chi connectivity index (χ2v) is 5.86. The van der Waals surface area contributed by atoms with E-state index >= 15 is 0 Å². The third-order valence-corrected chi connectivity index (χ3v) is 4.11. The highest BCUT2D eigenvalue weighted by atomic mass is 16.6. The van der Waals surface area contributed by atoms with E-state index in [1.54, 1.807) is 4.57 Å². The third kappa shape index (κ3) is 2.76. The third-order valence-electron chi connectivity index (χ3n) is 4.11. The molecule has 3 rings (SSSR count). The van der Waals surface area contributed by atoms with Crippen LogP contribution in [0.2, 0.25) is 0 Å². The van der Waals surface area contributed by atoms with Gasteiger partial charge < -0.3 is 19.4 Å². The molecule has 1 aromatic heterocycles. The highest BCUT2D eigenvalue weighted by molar-refractivity contribution is 6.26. The summed E-state index contributed by atoms with van der Waals surface area (Å²) >= 11 is 0. The smallest absolute Gasteiger partial charge is 0.332 e. The van der Waals surface area contributed by atoms with Crippen LogP contribution < -0.4 is 5.32 Å². The molecule has 9 nitrogen and oxygen atoms in total. The standard InChI is InChI=1S/C16H17N3O6/c1-7-11(17-8(2)20)15(23)12-13(14(7)22)19-5-4-9(16(19)18-12)25-10(21)6-24-3/h9H,4-6H2,1-3H3,(H,17,20)/t9-/m1/s1. The highest BCUT2D eigenvalue weighted by Crippen LogP contribution is 2.35. The molecule has 132 valence electrons. The minimum absolute atomic E-state index is 0.0261. The Morgan fingerprint density at radius 2 is 2.04 bits per heavy atom. The molecule has 0 radical (unpaired) electrons. The predicted octanol–water partition coefficient (Wildman–Crippen LogP) is 0.307. The second kappa shape index (κ2) is 6.25. The van der Waals surface area contributed by atoms with Crippen molar-refractivity contribution in [3.8, 4) is 0 Å². The molecule has 1 atom stereocenters. The summed E-state index contributed by atoms with van der Waals surface area (Å²) in [5.74, 6) is -1.54. The van der Waals surface area contributed by atoms with E-state index in [1.807, 2.05) is 0 Å². The molecule has 2 aliphatic rings. The number of hydrogen-bond donors (Lipinski definition) is 1. The quantitative estimate of drug-likeness (QED) is 0.779. The summed E-state index contributed by atoms with van der Waals surface area (Å²) in [5, 5.41) is 2.40. The number of carbonyl (C=O) groups excluding carboxylic acids is 4. The summed E-state index contributed by atoms with van der Waals surface area (Å²) in [6, 6.07) is 0. The Morgan fingerprint density at radius 1 is 1.32 bits per heavy atom. The maximum atomic E-state index is 12.7.